The van der Waals surface area contributed by atoms with Crippen LogP contribution in [0.5, 0.6) is 5.75 Å². The molecule has 2 heterocycles. The molecule has 0 amide bonds. The van der Waals surface area contributed by atoms with Crippen molar-refractivity contribution in [2.24, 2.45) is 15.2 Å². The minimum absolute atomic E-state index is 0.378. The largest absolute Gasteiger partial charge is 0.497 e. The Kier molecular flexibility index (Phi) is 6.40. The van der Waals surface area contributed by atoms with Crippen molar-refractivity contribution in [1.29, 1.82) is 0 Å². The van der Waals surface area contributed by atoms with Crippen LogP contribution in [-0.4, -0.2) is 17.9 Å². The van der Waals surface area contributed by atoms with Crippen LogP contribution in [0, 0.1) is 0 Å². The van der Waals surface area contributed by atoms with Crippen LogP contribution in [0.3, 0.4) is 0 Å². The van der Waals surface area contributed by atoms with Crippen molar-refractivity contribution in [2.75, 3.05) is 12.4 Å². The van der Waals surface area contributed by atoms with Crippen molar-refractivity contribution in [3.63, 3.8) is 0 Å². The molecule has 3 aromatic carbocycles. The first-order valence-corrected chi connectivity index (χ1v) is 11.5. The van der Waals surface area contributed by atoms with Gasteiger partial charge < -0.3 is 14.5 Å². The van der Waals surface area contributed by atoms with Crippen molar-refractivity contribution in [2.45, 2.75) is 0 Å². The summed E-state index contributed by atoms with van der Waals surface area (Å²) in [6.07, 6.45) is 0. The van der Waals surface area contributed by atoms with Gasteiger partial charge >= 0.3 is 5.63 Å². The van der Waals surface area contributed by atoms with E-state index in [2.05, 4.69) is 25.5 Å². The molecule has 35 heavy (non-hydrogen) atoms. The summed E-state index contributed by atoms with van der Waals surface area (Å²) in [6, 6.07) is 25.5. The smallest absolute Gasteiger partial charge is 0.336 e. The van der Waals surface area contributed by atoms with Crippen LogP contribution < -0.4 is 15.7 Å². The van der Waals surface area contributed by atoms with Gasteiger partial charge in [-0.05, 0) is 60.7 Å². The number of hydrogen-bond donors (Lipinski definition) is 1. The maximum Gasteiger partial charge on any atom is 0.336 e. The van der Waals surface area contributed by atoms with E-state index in [0.29, 0.717) is 22.4 Å². The average Bonchev–Trinajstić information content (AvgIpc) is 3.34. The number of nitrogens with one attached hydrogen (secondary N) is 1. The molecular formula is C26H19N5O3S. The zero-order chi connectivity index (χ0) is 24.0. The number of rotatable bonds is 6. The lowest BCUT2D eigenvalue weighted by Gasteiger charge is -2.04. The van der Waals surface area contributed by atoms with Gasteiger partial charge in [0, 0.05) is 28.1 Å². The number of aromatic nitrogens is 1. The van der Waals surface area contributed by atoms with E-state index < -0.39 is 0 Å². The fraction of sp³-hybridized carbons (Fsp3) is 0.0385. The van der Waals surface area contributed by atoms with Gasteiger partial charge in [-0.3, -0.25) is 0 Å². The Morgan fingerprint density at radius 3 is 2.63 bits per heavy atom. The third kappa shape index (κ3) is 5.48. The highest BCUT2D eigenvalue weighted by atomic mass is 32.1. The number of hydrogen-bond acceptors (Lipinski definition) is 8. The second-order valence-electron chi connectivity index (χ2n) is 7.35. The predicted octanol–water partition coefficient (Wildman–Crippen LogP) is 6.86. The average molecular weight is 482 g/mol. The summed E-state index contributed by atoms with van der Waals surface area (Å²) < 4.78 is 10.4. The van der Waals surface area contributed by atoms with E-state index in [0.717, 1.165) is 28.1 Å². The minimum atomic E-state index is -0.378. The first kappa shape index (κ1) is 22.2. The maximum atomic E-state index is 11.4. The van der Waals surface area contributed by atoms with Gasteiger partial charge in [0.1, 0.15) is 17.2 Å². The number of fused-ring (bicyclic) bond motifs is 1. The molecular weight excluding hydrogens is 462 g/mol. The first-order chi connectivity index (χ1) is 17.2. The number of thiazole rings is 1. The third-order valence-electron chi connectivity index (χ3n) is 4.95. The Hall–Kier alpha value is -4.63. The molecule has 0 unspecified atom stereocenters. The normalized spacial score (nSPS) is 11.7. The summed E-state index contributed by atoms with van der Waals surface area (Å²) in [6.45, 7) is 0. The lowest BCUT2D eigenvalue weighted by atomic mass is 10.2. The molecule has 0 saturated heterocycles. The van der Waals surface area contributed by atoms with Crippen molar-refractivity contribution >= 4 is 50.5 Å². The Morgan fingerprint density at radius 1 is 1.00 bits per heavy atom. The van der Waals surface area contributed by atoms with Crippen molar-refractivity contribution < 1.29 is 9.15 Å². The molecule has 0 saturated carbocycles. The predicted molar refractivity (Wildman–Crippen MR) is 138 cm³/mol. The fourth-order valence-electron chi connectivity index (χ4n) is 3.25. The Bertz CT molecular complexity index is 1570. The highest BCUT2D eigenvalue weighted by Crippen LogP contribution is 2.28. The number of nitrogens with zero attached hydrogens (tertiary/aromatic N) is 4. The van der Waals surface area contributed by atoms with Crippen LogP contribution in [-0.2, 0) is 0 Å². The van der Waals surface area contributed by atoms with Crippen LogP contribution in [0.1, 0.15) is 5.56 Å². The zero-order valence-electron chi connectivity index (χ0n) is 18.6. The summed E-state index contributed by atoms with van der Waals surface area (Å²) in [5.41, 5.74) is 2.47. The monoisotopic (exact) mass is 481 g/mol. The second-order valence-corrected chi connectivity index (χ2v) is 8.18. The minimum Gasteiger partial charge on any atom is -0.497 e. The van der Waals surface area contributed by atoms with E-state index in [1.54, 1.807) is 19.2 Å². The highest BCUT2D eigenvalue weighted by molar-refractivity contribution is 7.13. The zero-order valence-corrected chi connectivity index (χ0v) is 19.4. The van der Waals surface area contributed by atoms with Crippen LogP contribution in [0.4, 0.5) is 22.3 Å². The van der Waals surface area contributed by atoms with Gasteiger partial charge in [0.15, 0.2) is 5.84 Å². The molecule has 5 rings (SSSR count). The van der Waals surface area contributed by atoms with E-state index in [-0.39, 0.29) is 5.63 Å². The van der Waals surface area contributed by atoms with Gasteiger partial charge in [-0.25, -0.2) is 9.78 Å². The molecule has 0 aliphatic rings. The molecule has 5 aromatic rings. The molecule has 0 spiro atoms. The number of aliphatic imine (C=N–C) groups is 1. The van der Waals surface area contributed by atoms with Crippen LogP contribution in [0.2, 0.25) is 0 Å². The fourth-order valence-corrected chi connectivity index (χ4v) is 3.86. The number of ether oxygens (including phenoxy) is 1. The van der Waals surface area contributed by atoms with Gasteiger partial charge in [-0.15, -0.1) is 21.6 Å². The molecule has 0 radical (unpaired) electrons. The summed E-state index contributed by atoms with van der Waals surface area (Å²) in [5, 5.41) is 15.2. The Labute approximate surface area is 204 Å². The first-order valence-electron chi connectivity index (χ1n) is 10.6. The van der Waals surface area contributed by atoms with Gasteiger partial charge in [-0.2, -0.15) is 4.99 Å². The number of amidine groups is 1. The Balaban J connectivity index is 1.42. The second kappa shape index (κ2) is 10.1. The lowest BCUT2D eigenvalue weighted by molar-refractivity contribution is 0.415. The van der Waals surface area contributed by atoms with E-state index in [1.165, 1.54) is 17.4 Å². The lowest BCUT2D eigenvalue weighted by Crippen LogP contribution is -1.96. The quantitative estimate of drug-likeness (QED) is 0.123. The maximum absolute atomic E-state index is 11.4. The summed E-state index contributed by atoms with van der Waals surface area (Å²) >= 11 is 1.38. The number of azo groups is 1. The molecule has 172 valence electrons. The van der Waals surface area contributed by atoms with Crippen LogP contribution >= 0.6 is 11.3 Å². The van der Waals surface area contributed by atoms with E-state index in [9.17, 15) is 4.79 Å². The number of anilines is 2. The van der Waals surface area contributed by atoms with Gasteiger partial charge in [0.25, 0.3) is 0 Å². The molecule has 9 heteroatoms. The summed E-state index contributed by atoms with van der Waals surface area (Å²) in [4.78, 5) is 20.6. The van der Waals surface area contributed by atoms with Crippen LogP contribution in [0.25, 0.3) is 11.0 Å². The van der Waals surface area contributed by atoms with Crippen LogP contribution in [0.15, 0.2) is 115 Å². The standard InChI is InChI=1S/C26H19N5O3S/c1-33-21-11-7-17(8-12-21)25(31-30-19-5-3-2-4-6-19)29-26-28-23(16-35-26)27-20-10-13-22-18(15-20)9-14-24(32)34-22/h2-16,27H,1H3/b29-25-,31-30?. The van der Waals surface area contributed by atoms with Gasteiger partial charge in [0.2, 0.25) is 5.13 Å². The molecule has 1 N–H and O–H groups in total. The molecule has 0 atom stereocenters. The van der Waals surface area contributed by atoms with Crippen molar-refractivity contribution in [1.82, 2.24) is 4.98 Å². The SMILES string of the molecule is COc1ccc(/C(N=Nc2ccccc2)=N/c2nc(Nc3ccc4oc(=O)ccc4c3)cs2)cc1. The molecule has 2 aromatic heterocycles. The summed E-state index contributed by atoms with van der Waals surface area (Å²) in [7, 11) is 1.62. The van der Waals surface area contributed by atoms with E-state index in [4.69, 9.17) is 9.15 Å². The molecule has 8 nitrogen and oxygen atoms in total. The van der Waals surface area contributed by atoms with Gasteiger partial charge in [0.05, 0.1) is 12.8 Å². The Morgan fingerprint density at radius 2 is 1.83 bits per heavy atom. The van der Waals surface area contributed by atoms with Crippen molar-refractivity contribution in [3.05, 3.63) is 106 Å². The summed E-state index contributed by atoms with van der Waals surface area (Å²) in [5.74, 6) is 1.81. The third-order valence-corrected chi connectivity index (χ3v) is 5.68. The molecule has 0 aliphatic carbocycles. The molecule has 0 aliphatic heterocycles. The van der Waals surface area contributed by atoms with E-state index in [1.807, 2.05) is 72.1 Å². The topological polar surface area (TPSA) is 101 Å². The number of benzene rings is 3. The molecule has 0 bridgehead atoms. The number of methoxy groups -OCH3 is 1. The highest BCUT2D eigenvalue weighted by Gasteiger charge is 2.08. The van der Waals surface area contributed by atoms with E-state index >= 15 is 0 Å². The molecule has 0 fully saturated rings. The van der Waals surface area contributed by atoms with Crippen molar-refractivity contribution in [3.8, 4) is 5.75 Å². The van der Waals surface area contributed by atoms with Gasteiger partial charge in [-0.1, -0.05) is 18.2 Å².